The molecule has 0 aromatic heterocycles. The molecule has 1 N–H and O–H groups in total. The molecule has 0 saturated heterocycles. The number of methoxy groups -OCH3 is 1. The second-order valence-electron chi connectivity index (χ2n) is 5.19. The van der Waals surface area contributed by atoms with E-state index in [9.17, 15) is 26.8 Å². The molecule has 7 nitrogen and oxygen atoms in total. The third-order valence-electron chi connectivity index (χ3n) is 3.53. The number of benzene rings is 2. The van der Waals surface area contributed by atoms with Crippen molar-refractivity contribution in [2.24, 2.45) is 0 Å². The van der Waals surface area contributed by atoms with E-state index in [1.54, 1.807) is 0 Å². The van der Waals surface area contributed by atoms with Crippen molar-refractivity contribution in [2.45, 2.75) is 4.90 Å². The van der Waals surface area contributed by atoms with Crippen LogP contribution in [0.3, 0.4) is 0 Å². The Hall–Kier alpha value is -2.85. The highest BCUT2D eigenvalue weighted by Crippen LogP contribution is 2.21. The molecule has 0 heterocycles. The van der Waals surface area contributed by atoms with E-state index in [0.717, 1.165) is 37.4 Å². The Labute approximate surface area is 154 Å². The molecule has 0 unspecified atom stereocenters. The summed E-state index contributed by atoms with van der Waals surface area (Å²) in [7, 11) is -1.48. The van der Waals surface area contributed by atoms with Gasteiger partial charge in [0, 0.05) is 0 Å². The minimum atomic E-state index is -3.91. The molecule has 2 rings (SSSR count). The van der Waals surface area contributed by atoms with Crippen LogP contribution in [0.25, 0.3) is 0 Å². The van der Waals surface area contributed by atoms with Crippen molar-refractivity contribution < 1.29 is 36.3 Å². The number of ketones is 1. The minimum absolute atomic E-state index is 0.0748. The molecule has 0 fully saturated rings. The zero-order valence-electron chi connectivity index (χ0n) is 14.3. The van der Waals surface area contributed by atoms with Crippen LogP contribution in [0.1, 0.15) is 20.7 Å². The van der Waals surface area contributed by atoms with Crippen molar-refractivity contribution in [2.75, 3.05) is 20.8 Å². The summed E-state index contributed by atoms with van der Waals surface area (Å²) in [5.41, 5.74) is -0.817. The maximum absolute atomic E-state index is 13.9. The summed E-state index contributed by atoms with van der Waals surface area (Å²) >= 11 is 0. The van der Waals surface area contributed by atoms with E-state index in [4.69, 9.17) is 9.47 Å². The average Bonchev–Trinajstić information content (AvgIpc) is 2.65. The van der Waals surface area contributed by atoms with Crippen molar-refractivity contribution in [1.82, 2.24) is 4.72 Å². The van der Waals surface area contributed by atoms with Crippen LogP contribution in [0.4, 0.5) is 8.78 Å². The Morgan fingerprint density at radius 2 is 1.78 bits per heavy atom. The predicted molar refractivity (Wildman–Crippen MR) is 90.2 cm³/mol. The maximum atomic E-state index is 13.9. The number of Topliss-reactive ketones (excluding diaryl/α,β-unsaturated/α-hetero) is 1. The first kappa shape index (κ1) is 20.5. The molecule has 0 spiro atoms. The van der Waals surface area contributed by atoms with E-state index in [1.165, 1.54) is 13.2 Å². The Bertz CT molecular complexity index is 991. The average molecular weight is 399 g/mol. The Kier molecular flexibility index (Phi) is 6.24. The van der Waals surface area contributed by atoms with E-state index >= 15 is 0 Å². The highest BCUT2D eigenvalue weighted by molar-refractivity contribution is 7.89. The second-order valence-corrected chi connectivity index (χ2v) is 7.08. The lowest BCUT2D eigenvalue weighted by Crippen LogP contribution is -2.20. The van der Waals surface area contributed by atoms with Crippen LogP contribution < -0.4 is 9.46 Å². The van der Waals surface area contributed by atoms with Crippen LogP contribution in [-0.4, -0.2) is 40.9 Å². The first-order valence-electron chi connectivity index (χ1n) is 7.46. The number of rotatable bonds is 7. The summed E-state index contributed by atoms with van der Waals surface area (Å²) < 4.78 is 62.4. The van der Waals surface area contributed by atoms with Gasteiger partial charge in [0.05, 0.1) is 23.1 Å². The Morgan fingerprint density at radius 1 is 1.07 bits per heavy atom. The van der Waals surface area contributed by atoms with E-state index < -0.39 is 45.6 Å². The quantitative estimate of drug-likeness (QED) is 0.564. The molecule has 0 radical (unpaired) electrons. The monoisotopic (exact) mass is 399 g/mol. The third kappa shape index (κ3) is 4.66. The molecule has 0 atom stereocenters. The number of sulfonamides is 1. The first-order valence-corrected chi connectivity index (χ1v) is 8.95. The lowest BCUT2D eigenvalue weighted by molar-refractivity contribution is 0.0469. The number of carbonyl (C=O) groups is 2. The molecule has 0 amide bonds. The van der Waals surface area contributed by atoms with Crippen LogP contribution in [0.2, 0.25) is 0 Å². The Balaban J connectivity index is 2.20. The van der Waals surface area contributed by atoms with Gasteiger partial charge in [-0.1, -0.05) is 0 Å². The maximum Gasteiger partial charge on any atom is 0.341 e. The molecule has 144 valence electrons. The van der Waals surface area contributed by atoms with Crippen LogP contribution in [0, 0.1) is 11.6 Å². The lowest BCUT2D eigenvalue weighted by Gasteiger charge is -2.09. The molecular weight excluding hydrogens is 384 g/mol. The number of nitrogens with one attached hydrogen (secondary N) is 1. The van der Waals surface area contributed by atoms with Gasteiger partial charge in [0.15, 0.2) is 6.61 Å². The van der Waals surface area contributed by atoms with Crippen LogP contribution in [0.5, 0.6) is 5.75 Å². The zero-order chi connectivity index (χ0) is 20.2. The summed E-state index contributed by atoms with van der Waals surface area (Å²) in [6, 6.07) is 5.78. The number of hydrogen-bond donors (Lipinski definition) is 1. The van der Waals surface area contributed by atoms with Gasteiger partial charge in [0.2, 0.25) is 15.8 Å². The zero-order valence-corrected chi connectivity index (χ0v) is 15.1. The lowest BCUT2D eigenvalue weighted by atomic mass is 10.1. The molecule has 0 bridgehead atoms. The molecule has 0 aliphatic carbocycles. The number of hydrogen-bond acceptors (Lipinski definition) is 6. The number of carbonyl (C=O) groups excluding carboxylic acids is 2. The van der Waals surface area contributed by atoms with Crippen LogP contribution in [-0.2, 0) is 14.8 Å². The number of esters is 1. The summed E-state index contributed by atoms with van der Waals surface area (Å²) in [4.78, 5) is 23.9. The molecule has 2 aromatic carbocycles. The van der Waals surface area contributed by atoms with Crippen LogP contribution >= 0.6 is 0 Å². The molecule has 0 saturated carbocycles. The molecule has 2 aromatic rings. The van der Waals surface area contributed by atoms with Gasteiger partial charge in [-0.3, -0.25) is 4.79 Å². The van der Waals surface area contributed by atoms with E-state index in [1.807, 2.05) is 4.72 Å². The summed E-state index contributed by atoms with van der Waals surface area (Å²) in [6.07, 6.45) is 0. The van der Waals surface area contributed by atoms with Crippen molar-refractivity contribution in [1.29, 1.82) is 0 Å². The summed E-state index contributed by atoms with van der Waals surface area (Å²) in [5.74, 6) is -3.67. The number of ether oxygens (including phenoxy) is 2. The van der Waals surface area contributed by atoms with Crippen molar-refractivity contribution >= 4 is 21.8 Å². The van der Waals surface area contributed by atoms with Gasteiger partial charge in [-0.2, -0.15) is 0 Å². The summed E-state index contributed by atoms with van der Waals surface area (Å²) in [6.45, 7) is -0.818. The van der Waals surface area contributed by atoms with Gasteiger partial charge < -0.3 is 9.47 Å². The van der Waals surface area contributed by atoms with Gasteiger partial charge in [0.1, 0.15) is 17.4 Å². The SMILES string of the molecule is CNS(=O)(=O)c1ccc(F)c(C(=O)OCC(=O)c2cc(F)ccc2OC)c1. The first-order chi connectivity index (χ1) is 12.7. The fraction of sp³-hybridized carbons (Fsp3) is 0.176. The third-order valence-corrected chi connectivity index (χ3v) is 4.95. The van der Waals surface area contributed by atoms with E-state index in [-0.39, 0.29) is 16.2 Å². The highest BCUT2D eigenvalue weighted by Gasteiger charge is 2.21. The Morgan fingerprint density at radius 3 is 2.41 bits per heavy atom. The molecule has 27 heavy (non-hydrogen) atoms. The highest BCUT2D eigenvalue weighted by atomic mass is 32.2. The summed E-state index contributed by atoms with van der Waals surface area (Å²) in [5, 5.41) is 0. The molecule has 10 heteroatoms. The normalized spacial score (nSPS) is 11.1. The van der Waals surface area contributed by atoms with Crippen molar-refractivity contribution in [3.8, 4) is 5.75 Å². The van der Waals surface area contributed by atoms with Gasteiger partial charge in [0.25, 0.3) is 0 Å². The fourth-order valence-corrected chi connectivity index (χ4v) is 2.89. The van der Waals surface area contributed by atoms with Gasteiger partial charge in [-0.05, 0) is 43.4 Å². The van der Waals surface area contributed by atoms with Gasteiger partial charge in [-0.25, -0.2) is 26.7 Å². The van der Waals surface area contributed by atoms with Crippen molar-refractivity contribution in [3.63, 3.8) is 0 Å². The topological polar surface area (TPSA) is 98.8 Å². The fourth-order valence-electron chi connectivity index (χ4n) is 2.13. The van der Waals surface area contributed by atoms with Crippen molar-refractivity contribution in [3.05, 3.63) is 59.2 Å². The molecular formula is C17H15F2NO6S. The van der Waals surface area contributed by atoms with E-state index in [2.05, 4.69) is 0 Å². The largest absolute Gasteiger partial charge is 0.496 e. The number of halogens is 2. The van der Waals surface area contributed by atoms with Gasteiger partial charge in [-0.15, -0.1) is 0 Å². The molecule has 0 aliphatic heterocycles. The second kappa shape index (κ2) is 8.23. The molecule has 0 aliphatic rings. The predicted octanol–water partition coefficient (Wildman–Crippen LogP) is 1.92. The van der Waals surface area contributed by atoms with Crippen LogP contribution in [0.15, 0.2) is 41.3 Å². The standard InChI is InChI=1S/C17H15F2NO6S/c1-20-27(23,24)11-4-5-14(19)12(8-11)17(22)26-9-15(21)13-7-10(18)3-6-16(13)25-2/h3-8,20H,9H2,1-2H3. The van der Waals surface area contributed by atoms with Gasteiger partial charge >= 0.3 is 5.97 Å². The smallest absolute Gasteiger partial charge is 0.341 e. The van der Waals surface area contributed by atoms with E-state index in [0.29, 0.717) is 0 Å². The minimum Gasteiger partial charge on any atom is -0.496 e.